The van der Waals surface area contributed by atoms with Gasteiger partial charge in [-0.25, -0.2) is 4.79 Å². The minimum absolute atomic E-state index is 0.0135. The van der Waals surface area contributed by atoms with Crippen LogP contribution in [0.1, 0.15) is 59.8 Å². The van der Waals surface area contributed by atoms with E-state index in [4.69, 9.17) is 4.74 Å². The molecule has 18 heavy (non-hydrogen) atoms. The van der Waals surface area contributed by atoms with Gasteiger partial charge in [0, 0.05) is 4.75 Å². The number of nitrogens with one attached hydrogen (secondary N) is 1. The van der Waals surface area contributed by atoms with Gasteiger partial charge in [-0.05, 0) is 59.1 Å². The van der Waals surface area contributed by atoms with Crippen molar-refractivity contribution < 1.29 is 9.53 Å². The SMILES string of the molecule is CC(C)(C)OC(=O)NC1(C2(C)CCCCS2)CC1. The van der Waals surface area contributed by atoms with Gasteiger partial charge in [-0.3, -0.25) is 0 Å². The number of carbonyl (C=O) groups excluding carboxylic acids is 1. The third-order valence-electron chi connectivity index (χ3n) is 3.97. The molecule has 1 aliphatic heterocycles. The molecule has 0 aromatic carbocycles. The summed E-state index contributed by atoms with van der Waals surface area (Å²) in [5, 5.41) is 3.15. The first kappa shape index (κ1) is 14.0. The molecule has 1 atom stereocenters. The quantitative estimate of drug-likeness (QED) is 0.832. The van der Waals surface area contributed by atoms with E-state index < -0.39 is 5.60 Å². The second kappa shape index (κ2) is 4.62. The van der Waals surface area contributed by atoms with Gasteiger partial charge in [-0.1, -0.05) is 6.42 Å². The maximum absolute atomic E-state index is 12.0. The minimum atomic E-state index is -0.416. The van der Waals surface area contributed by atoms with Crippen LogP contribution in [0.25, 0.3) is 0 Å². The van der Waals surface area contributed by atoms with Gasteiger partial charge in [0.15, 0.2) is 0 Å². The maximum Gasteiger partial charge on any atom is 0.408 e. The number of rotatable bonds is 2. The third kappa shape index (κ3) is 2.95. The zero-order valence-electron chi connectivity index (χ0n) is 12.0. The lowest BCUT2D eigenvalue weighted by atomic mass is 9.92. The van der Waals surface area contributed by atoms with Crippen LogP contribution in [0.15, 0.2) is 0 Å². The summed E-state index contributed by atoms with van der Waals surface area (Å²) < 4.78 is 5.59. The monoisotopic (exact) mass is 271 g/mol. The summed E-state index contributed by atoms with van der Waals surface area (Å²) in [4.78, 5) is 12.0. The molecule has 0 aromatic heterocycles. The molecule has 1 unspecified atom stereocenters. The fourth-order valence-corrected chi connectivity index (χ4v) is 4.34. The molecule has 1 amide bonds. The van der Waals surface area contributed by atoms with E-state index in [0.29, 0.717) is 0 Å². The van der Waals surface area contributed by atoms with E-state index in [1.165, 1.54) is 25.0 Å². The van der Waals surface area contributed by atoms with Crippen molar-refractivity contribution in [1.82, 2.24) is 5.32 Å². The Morgan fingerprint density at radius 1 is 1.22 bits per heavy atom. The van der Waals surface area contributed by atoms with Gasteiger partial charge in [-0.15, -0.1) is 0 Å². The number of thioether (sulfide) groups is 1. The highest BCUT2D eigenvalue weighted by Crippen LogP contribution is 2.55. The summed E-state index contributed by atoms with van der Waals surface area (Å²) in [5.41, 5.74) is -0.429. The highest BCUT2D eigenvalue weighted by atomic mass is 32.2. The fraction of sp³-hybridized carbons (Fsp3) is 0.929. The van der Waals surface area contributed by atoms with Crippen LogP contribution in [0.2, 0.25) is 0 Å². The number of hydrogen-bond donors (Lipinski definition) is 1. The minimum Gasteiger partial charge on any atom is -0.444 e. The molecule has 3 nitrogen and oxygen atoms in total. The largest absolute Gasteiger partial charge is 0.444 e. The molecule has 2 aliphatic rings. The van der Waals surface area contributed by atoms with Gasteiger partial charge in [-0.2, -0.15) is 11.8 Å². The first-order valence-electron chi connectivity index (χ1n) is 6.92. The van der Waals surface area contributed by atoms with Gasteiger partial charge in [0.2, 0.25) is 0 Å². The molecule has 2 fully saturated rings. The van der Waals surface area contributed by atoms with Crippen LogP contribution < -0.4 is 5.32 Å². The molecule has 0 aromatic rings. The van der Waals surface area contributed by atoms with Crippen LogP contribution in [0.5, 0.6) is 0 Å². The number of hydrogen-bond acceptors (Lipinski definition) is 3. The second-order valence-corrected chi connectivity index (χ2v) is 8.34. The first-order valence-corrected chi connectivity index (χ1v) is 7.90. The molecule has 1 N–H and O–H groups in total. The molecular weight excluding hydrogens is 246 g/mol. The lowest BCUT2D eigenvalue weighted by Gasteiger charge is -2.41. The summed E-state index contributed by atoms with van der Waals surface area (Å²) in [7, 11) is 0. The highest BCUT2D eigenvalue weighted by Gasteiger charge is 2.58. The van der Waals surface area contributed by atoms with Crippen molar-refractivity contribution in [2.45, 2.75) is 75.7 Å². The van der Waals surface area contributed by atoms with Crippen molar-refractivity contribution in [1.29, 1.82) is 0 Å². The summed E-state index contributed by atoms with van der Waals surface area (Å²) in [6, 6.07) is 0. The Hall–Kier alpha value is -0.380. The molecule has 1 saturated heterocycles. The normalized spacial score (nSPS) is 30.7. The predicted octanol–water partition coefficient (Wildman–Crippen LogP) is 3.72. The predicted molar refractivity (Wildman–Crippen MR) is 76.0 cm³/mol. The van der Waals surface area contributed by atoms with E-state index in [9.17, 15) is 4.79 Å². The molecule has 1 aliphatic carbocycles. The Labute approximate surface area is 114 Å². The van der Waals surface area contributed by atoms with Gasteiger partial charge in [0.05, 0.1) is 5.54 Å². The summed E-state index contributed by atoms with van der Waals surface area (Å²) in [6.45, 7) is 8.02. The summed E-state index contributed by atoms with van der Waals surface area (Å²) in [5.74, 6) is 1.22. The van der Waals surface area contributed by atoms with Gasteiger partial charge >= 0.3 is 6.09 Å². The Bertz CT molecular complexity index is 325. The number of carbonyl (C=O) groups is 1. The Kier molecular flexibility index (Phi) is 3.60. The molecule has 104 valence electrons. The van der Waals surface area contributed by atoms with E-state index in [-0.39, 0.29) is 16.4 Å². The average molecular weight is 271 g/mol. The van der Waals surface area contributed by atoms with Crippen LogP contribution in [0.3, 0.4) is 0 Å². The number of ether oxygens (including phenoxy) is 1. The van der Waals surface area contributed by atoms with E-state index in [2.05, 4.69) is 12.2 Å². The van der Waals surface area contributed by atoms with Crippen LogP contribution >= 0.6 is 11.8 Å². The van der Waals surface area contributed by atoms with Gasteiger partial charge < -0.3 is 10.1 Å². The third-order valence-corrected chi connectivity index (χ3v) is 5.70. The molecule has 0 spiro atoms. The number of alkyl carbamates (subject to hydrolysis) is 1. The molecule has 0 radical (unpaired) electrons. The van der Waals surface area contributed by atoms with Crippen LogP contribution in [-0.2, 0) is 4.74 Å². The van der Waals surface area contributed by atoms with Crippen molar-refractivity contribution in [3.8, 4) is 0 Å². The first-order chi connectivity index (χ1) is 8.27. The Morgan fingerprint density at radius 3 is 2.33 bits per heavy atom. The lowest BCUT2D eigenvalue weighted by Crippen LogP contribution is -2.53. The molecule has 1 heterocycles. The van der Waals surface area contributed by atoms with Gasteiger partial charge in [0.1, 0.15) is 5.60 Å². The van der Waals surface area contributed by atoms with Crippen LogP contribution in [-0.4, -0.2) is 27.7 Å². The molecule has 0 bridgehead atoms. The Morgan fingerprint density at radius 2 is 1.89 bits per heavy atom. The molecule has 1 saturated carbocycles. The fourth-order valence-electron chi connectivity index (χ4n) is 2.72. The van der Waals surface area contributed by atoms with E-state index in [1.807, 2.05) is 32.5 Å². The maximum atomic E-state index is 12.0. The molecular formula is C14H25NO2S. The van der Waals surface area contributed by atoms with Crippen LogP contribution in [0.4, 0.5) is 4.79 Å². The zero-order valence-corrected chi connectivity index (χ0v) is 12.8. The second-order valence-electron chi connectivity index (χ2n) is 6.75. The topological polar surface area (TPSA) is 38.3 Å². The zero-order chi connectivity index (χ0) is 13.4. The average Bonchev–Trinajstić information content (AvgIpc) is 2.97. The smallest absolute Gasteiger partial charge is 0.408 e. The lowest BCUT2D eigenvalue weighted by molar-refractivity contribution is 0.0482. The van der Waals surface area contributed by atoms with E-state index >= 15 is 0 Å². The van der Waals surface area contributed by atoms with Crippen molar-refractivity contribution in [2.24, 2.45) is 0 Å². The van der Waals surface area contributed by atoms with E-state index in [1.54, 1.807) is 0 Å². The van der Waals surface area contributed by atoms with Gasteiger partial charge in [0.25, 0.3) is 0 Å². The molecule has 4 heteroatoms. The van der Waals surface area contributed by atoms with Crippen molar-refractivity contribution in [3.05, 3.63) is 0 Å². The summed E-state index contributed by atoms with van der Waals surface area (Å²) in [6.07, 6.45) is 5.72. The molecule has 2 rings (SSSR count). The van der Waals surface area contributed by atoms with Crippen molar-refractivity contribution in [2.75, 3.05) is 5.75 Å². The summed E-state index contributed by atoms with van der Waals surface area (Å²) >= 11 is 2.02. The van der Waals surface area contributed by atoms with Crippen molar-refractivity contribution in [3.63, 3.8) is 0 Å². The van der Waals surface area contributed by atoms with Crippen LogP contribution in [0, 0.1) is 0 Å². The number of amides is 1. The van der Waals surface area contributed by atoms with E-state index in [0.717, 1.165) is 12.8 Å². The standard InChI is InChI=1S/C14H25NO2S/c1-12(2,3)17-11(16)15-14(8-9-14)13(4)7-5-6-10-18-13/h5-10H2,1-4H3,(H,15,16). The Balaban J connectivity index is 1.97. The highest BCUT2D eigenvalue weighted by molar-refractivity contribution is 8.00. The van der Waals surface area contributed by atoms with Crippen molar-refractivity contribution >= 4 is 17.9 Å².